The van der Waals surface area contributed by atoms with Crippen molar-refractivity contribution in [3.63, 3.8) is 0 Å². The second-order valence-corrected chi connectivity index (χ2v) is 7.70. The first-order valence-electron chi connectivity index (χ1n) is 8.44. The number of halogens is 3. The molecule has 0 saturated carbocycles. The summed E-state index contributed by atoms with van der Waals surface area (Å²) in [7, 11) is 1.99. The van der Waals surface area contributed by atoms with Crippen LogP contribution in [0.15, 0.2) is 30.3 Å². The highest BCUT2D eigenvalue weighted by Crippen LogP contribution is 2.37. The second kappa shape index (κ2) is 8.53. The summed E-state index contributed by atoms with van der Waals surface area (Å²) in [6, 6.07) is 7.32. The van der Waals surface area contributed by atoms with Crippen molar-refractivity contribution < 1.29 is 9.72 Å². The highest BCUT2D eigenvalue weighted by Gasteiger charge is 2.25. The molecule has 0 aliphatic carbocycles. The van der Waals surface area contributed by atoms with Crippen molar-refractivity contribution >= 4 is 57.8 Å². The number of rotatable bonds is 4. The summed E-state index contributed by atoms with van der Waals surface area (Å²) >= 11 is 18.2. The van der Waals surface area contributed by atoms with Gasteiger partial charge in [0.2, 0.25) is 0 Å². The van der Waals surface area contributed by atoms with Crippen LogP contribution in [-0.4, -0.2) is 49.0 Å². The van der Waals surface area contributed by atoms with Gasteiger partial charge in [0.1, 0.15) is 5.69 Å². The second-order valence-electron chi connectivity index (χ2n) is 6.45. The molecule has 2 aromatic carbocycles. The Labute approximate surface area is 176 Å². The summed E-state index contributed by atoms with van der Waals surface area (Å²) in [5.41, 5.74) is 0.760. The van der Waals surface area contributed by atoms with Crippen molar-refractivity contribution in [1.82, 2.24) is 4.90 Å². The molecule has 1 aliphatic heterocycles. The van der Waals surface area contributed by atoms with Crippen molar-refractivity contribution in [2.45, 2.75) is 0 Å². The Morgan fingerprint density at radius 3 is 2.39 bits per heavy atom. The molecule has 1 heterocycles. The van der Waals surface area contributed by atoms with E-state index in [-0.39, 0.29) is 27.0 Å². The van der Waals surface area contributed by atoms with Gasteiger partial charge in [-0.15, -0.1) is 0 Å². The number of nitro groups is 1. The van der Waals surface area contributed by atoms with E-state index in [9.17, 15) is 14.9 Å². The summed E-state index contributed by atoms with van der Waals surface area (Å²) < 4.78 is 0. The van der Waals surface area contributed by atoms with Crippen LogP contribution in [0.25, 0.3) is 0 Å². The number of amides is 1. The number of nitrogens with one attached hydrogen (secondary N) is 1. The van der Waals surface area contributed by atoms with E-state index in [0.717, 1.165) is 13.1 Å². The first-order valence-corrected chi connectivity index (χ1v) is 9.57. The lowest BCUT2D eigenvalue weighted by atomic mass is 10.1. The molecule has 2 aromatic rings. The van der Waals surface area contributed by atoms with E-state index in [2.05, 4.69) is 10.2 Å². The van der Waals surface area contributed by atoms with E-state index in [1.165, 1.54) is 24.3 Å². The first kappa shape index (κ1) is 20.7. The van der Waals surface area contributed by atoms with Crippen molar-refractivity contribution in [2.24, 2.45) is 0 Å². The molecule has 28 heavy (non-hydrogen) atoms. The maximum absolute atomic E-state index is 12.6. The van der Waals surface area contributed by atoms with Gasteiger partial charge in [0.25, 0.3) is 11.6 Å². The number of likely N-dealkylation sites (N-methyl/N-ethyl adjacent to an activating group) is 1. The summed E-state index contributed by atoms with van der Waals surface area (Å²) in [6.07, 6.45) is 0. The fraction of sp³-hybridized carbons (Fsp3) is 0.278. The number of carbonyl (C=O) groups is 1. The molecule has 0 atom stereocenters. The van der Waals surface area contributed by atoms with E-state index < -0.39 is 10.8 Å². The highest BCUT2D eigenvalue weighted by molar-refractivity contribution is 6.37. The molecule has 0 radical (unpaired) electrons. The van der Waals surface area contributed by atoms with E-state index in [4.69, 9.17) is 34.8 Å². The molecule has 148 valence electrons. The Hall–Kier alpha value is -2.06. The number of benzene rings is 2. The third-order valence-electron chi connectivity index (χ3n) is 4.53. The molecule has 1 N–H and O–H groups in total. The molecule has 1 saturated heterocycles. The maximum Gasteiger partial charge on any atom is 0.294 e. The lowest BCUT2D eigenvalue weighted by Gasteiger charge is -2.33. The largest absolute Gasteiger partial charge is 0.363 e. The lowest BCUT2D eigenvalue weighted by Crippen LogP contribution is -2.44. The molecule has 0 bridgehead atoms. The molecule has 3 rings (SSSR count). The topological polar surface area (TPSA) is 78.7 Å². The Morgan fingerprint density at radius 1 is 1.07 bits per heavy atom. The number of piperazine rings is 1. The Balaban J connectivity index is 1.95. The Kier molecular flexibility index (Phi) is 6.30. The van der Waals surface area contributed by atoms with E-state index in [0.29, 0.717) is 23.8 Å². The molecule has 0 unspecified atom stereocenters. The number of nitro benzene ring substituents is 1. The van der Waals surface area contributed by atoms with Crippen molar-refractivity contribution in [2.75, 3.05) is 43.4 Å². The quantitative estimate of drug-likeness (QED) is 0.553. The van der Waals surface area contributed by atoms with Gasteiger partial charge < -0.3 is 15.1 Å². The van der Waals surface area contributed by atoms with Gasteiger partial charge in [-0.1, -0.05) is 34.8 Å². The number of nitrogens with zero attached hydrogens (tertiary/aromatic N) is 3. The lowest BCUT2D eigenvalue weighted by molar-refractivity contribution is -0.384. The van der Waals surface area contributed by atoms with Gasteiger partial charge in [0.05, 0.1) is 26.2 Å². The monoisotopic (exact) mass is 442 g/mol. The van der Waals surface area contributed by atoms with Crippen molar-refractivity contribution in [3.05, 3.63) is 61.1 Å². The minimum atomic E-state index is -0.507. The molecule has 1 amide bonds. The van der Waals surface area contributed by atoms with Gasteiger partial charge in [-0.3, -0.25) is 14.9 Å². The van der Waals surface area contributed by atoms with E-state index in [1.807, 2.05) is 11.9 Å². The molecule has 10 heteroatoms. The molecule has 1 fully saturated rings. The van der Waals surface area contributed by atoms with Crippen LogP contribution in [0.1, 0.15) is 10.4 Å². The zero-order valence-electron chi connectivity index (χ0n) is 14.9. The minimum Gasteiger partial charge on any atom is -0.363 e. The van der Waals surface area contributed by atoms with Crippen LogP contribution in [0.5, 0.6) is 0 Å². The minimum absolute atomic E-state index is 0.0658. The van der Waals surface area contributed by atoms with Gasteiger partial charge in [-0.05, 0) is 31.3 Å². The van der Waals surface area contributed by atoms with Gasteiger partial charge >= 0.3 is 0 Å². The maximum atomic E-state index is 12.6. The van der Waals surface area contributed by atoms with Crippen LogP contribution in [0, 0.1) is 10.1 Å². The van der Waals surface area contributed by atoms with Crippen molar-refractivity contribution in [1.29, 1.82) is 0 Å². The van der Waals surface area contributed by atoms with Gasteiger partial charge in [0, 0.05) is 37.3 Å². The number of anilines is 2. The molecular weight excluding hydrogens is 427 g/mol. The summed E-state index contributed by atoms with van der Waals surface area (Å²) in [5, 5.41) is 14.8. The zero-order valence-corrected chi connectivity index (χ0v) is 17.2. The average molecular weight is 444 g/mol. The van der Waals surface area contributed by atoms with Crippen LogP contribution < -0.4 is 10.2 Å². The van der Waals surface area contributed by atoms with Gasteiger partial charge in [-0.2, -0.15) is 0 Å². The van der Waals surface area contributed by atoms with E-state index >= 15 is 0 Å². The van der Waals surface area contributed by atoms with Gasteiger partial charge in [0.15, 0.2) is 0 Å². The third kappa shape index (κ3) is 4.50. The summed E-state index contributed by atoms with van der Waals surface area (Å²) in [6.45, 7) is 2.82. The Bertz CT molecular complexity index is 931. The first-order chi connectivity index (χ1) is 13.3. The van der Waals surface area contributed by atoms with Gasteiger partial charge in [-0.25, -0.2) is 0 Å². The fourth-order valence-electron chi connectivity index (χ4n) is 2.96. The SMILES string of the molecule is CN1CCN(c2cc(NC(=O)c3cc(Cl)ccc3Cl)c(Cl)cc2[N+](=O)[O-])CC1. The summed E-state index contributed by atoms with van der Waals surface area (Å²) in [4.78, 5) is 27.7. The van der Waals surface area contributed by atoms with Crippen LogP contribution in [0.3, 0.4) is 0 Å². The van der Waals surface area contributed by atoms with Crippen LogP contribution in [0.4, 0.5) is 17.1 Å². The van der Waals surface area contributed by atoms with Crippen LogP contribution in [-0.2, 0) is 0 Å². The molecule has 0 spiro atoms. The molecule has 0 aromatic heterocycles. The van der Waals surface area contributed by atoms with Crippen molar-refractivity contribution in [3.8, 4) is 0 Å². The normalized spacial score (nSPS) is 14.8. The van der Waals surface area contributed by atoms with Crippen LogP contribution in [0.2, 0.25) is 15.1 Å². The predicted octanol–water partition coefficient (Wildman–Crippen LogP) is 4.56. The Morgan fingerprint density at radius 2 is 1.75 bits per heavy atom. The molecule has 7 nitrogen and oxygen atoms in total. The number of hydrogen-bond acceptors (Lipinski definition) is 5. The summed E-state index contributed by atoms with van der Waals surface area (Å²) in [5.74, 6) is -0.507. The highest BCUT2D eigenvalue weighted by atomic mass is 35.5. The standard InChI is InChI=1S/C18H17Cl3N4O3/c1-23-4-6-24(7-5-23)16-10-15(14(21)9-17(16)25(27)28)22-18(26)12-8-11(19)2-3-13(12)20/h2-3,8-10H,4-7H2,1H3,(H,22,26). The van der Waals surface area contributed by atoms with Crippen LogP contribution >= 0.6 is 34.8 Å². The average Bonchev–Trinajstić information content (AvgIpc) is 2.65. The molecular formula is C18H17Cl3N4O3. The number of carbonyl (C=O) groups excluding carboxylic acids is 1. The van der Waals surface area contributed by atoms with E-state index in [1.54, 1.807) is 6.07 Å². The number of hydrogen-bond donors (Lipinski definition) is 1. The smallest absolute Gasteiger partial charge is 0.294 e. The third-order valence-corrected chi connectivity index (χ3v) is 5.40. The molecule has 1 aliphatic rings. The fourth-order valence-corrected chi connectivity index (χ4v) is 3.54. The predicted molar refractivity (Wildman–Crippen MR) is 112 cm³/mol. The zero-order chi connectivity index (χ0) is 20.4.